The highest BCUT2D eigenvalue weighted by molar-refractivity contribution is 6.42. The second-order valence-corrected chi connectivity index (χ2v) is 6.35. The van der Waals surface area contributed by atoms with Crippen LogP contribution >= 0.6 is 34.8 Å². The number of aliphatic carboxylic acids is 1. The fourth-order valence-corrected chi connectivity index (χ4v) is 2.84. The summed E-state index contributed by atoms with van der Waals surface area (Å²) in [5, 5.41) is 9.95. The van der Waals surface area contributed by atoms with Gasteiger partial charge >= 0.3 is 5.97 Å². The summed E-state index contributed by atoms with van der Waals surface area (Å²) < 4.78 is 0. The molecule has 0 saturated carbocycles. The van der Waals surface area contributed by atoms with Crippen LogP contribution in [-0.2, 0) is 11.2 Å². The van der Waals surface area contributed by atoms with E-state index in [2.05, 4.69) is 0 Å². The van der Waals surface area contributed by atoms with Crippen molar-refractivity contribution in [2.75, 3.05) is 11.9 Å². The first-order valence-electron chi connectivity index (χ1n) is 7.03. The molecule has 0 aliphatic carbocycles. The molecule has 1 amide bonds. The van der Waals surface area contributed by atoms with Crippen molar-refractivity contribution in [1.82, 2.24) is 0 Å². The molecule has 0 radical (unpaired) electrons. The Balaban J connectivity index is 2.36. The maximum atomic E-state index is 12.7. The molecule has 1 N–H and O–H groups in total. The van der Waals surface area contributed by atoms with E-state index in [0.29, 0.717) is 26.9 Å². The molecule has 0 aromatic heterocycles. The number of nitrogens with zero attached hydrogens (tertiary/aromatic N) is 1. The van der Waals surface area contributed by atoms with Gasteiger partial charge in [-0.1, -0.05) is 40.9 Å². The van der Waals surface area contributed by atoms with Crippen LogP contribution in [-0.4, -0.2) is 24.0 Å². The molecule has 4 nitrogen and oxygen atoms in total. The standard InChI is InChI=1S/C17H14Cl3NO3/c1-21(17(24)10-5-7-13(19)14(20)9-10)15-4-2-3-12(18)11(15)6-8-16(22)23/h2-5,7,9H,6,8H2,1H3,(H,22,23). The number of carbonyl (C=O) groups is 2. The van der Waals surface area contributed by atoms with E-state index in [1.165, 1.54) is 11.0 Å². The highest BCUT2D eigenvalue weighted by Crippen LogP contribution is 2.30. The Morgan fingerprint density at radius 1 is 1.04 bits per heavy atom. The number of amides is 1. The largest absolute Gasteiger partial charge is 0.481 e. The van der Waals surface area contributed by atoms with Crippen molar-refractivity contribution in [3.8, 4) is 0 Å². The lowest BCUT2D eigenvalue weighted by atomic mass is 10.1. The van der Waals surface area contributed by atoms with Gasteiger partial charge in [-0.05, 0) is 42.3 Å². The summed E-state index contributed by atoms with van der Waals surface area (Å²) in [4.78, 5) is 24.9. The van der Waals surface area contributed by atoms with Gasteiger partial charge in [-0.25, -0.2) is 0 Å². The molecule has 0 fully saturated rings. The number of halogens is 3. The Bertz CT molecular complexity index is 793. The molecule has 0 spiro atoms. The van der Waals surface area contributed by atoms with Gasteiger partial charge in [0.2, 0.25) is 0 Å². The van der Waals surface area contributed by atoms with Crippen molar-refractivity contribution in [3.05, 3.63) is 62.6 Å². The SMILES string of the molecule is CN(C(=O)c1ccc(Cl)c(Cl)c1)c1cccc(Cl)c1CCC(=O)O. The van der Waals surface area contributed by atoms with Gasteiger partial charge in [0, 0.05) is 29.7 Å². The summed E-state index contributed by atoms with van der Waals surface area (Å²) in [6.07, 6.45) is 0.148. The molecular weight excluding hydrogens is 373 g/mol. The van der Waals surface area contributed by atoms with Crippen molar-refractivity contribution < 1.29 is 14.7 Å². The second-order valence-electron chi connectivity index (χ2n) is 5.12. The van der Waals surface area contributed by atoms with E-state index < -0.39 is 5.97 Å². The summed E-state index contributed by atoms with van der Waals surface area (Å²) in [5.74, 6) is -1.23. The highest BCUT2D eigenvalue weighted by atomic mass is 35.5. The molecule has 0 bridgehead atoms. The summed E-state index contributed by atoms with van der Waals surface area (Å²) in [7, 11) is 1.60. The van der Waals surface area contributed by atoms with E-state index >= 15 is 0 Å². The van der Waals surface area contributed by atoms with Crippen LogP contribution in [0.15, 0.2) is 36.4 Å². The van der Waals surface area contributed by atoms with Crippen LogP contribution in [0.4, 0.5) is 5.69 Å². The molecule has 2 aromatic rings. The molecular formula is C17H14Cl3NO3. The first-order valence-corrected chi connectivity index (χ1v) is 8.17. The first kappa shape index (κ1) is 18.6. The van der Waals surface area contributed by atoms with Gasteiger partial charge in [-0.15, -0.1) is 0 Å². The third kappa shape index (κ3) is 4.20. The fourth-order valence-electron chi connectivity index (χ4n) is 2.27. The fraction of sp³-hybridized carbons (Fsp3) is 0.176. The number of anilines is 1. The maximum Gasteiger partial charge on any atom is 0.303 e. The van der Waals surface area contributed by atoms with Gasteiger partial charge in [0.05, 0.1) is 10.0 Å². The second kappa shape index (κ2) is 7.88. The van der Waals surface area contributed by atoms with Crippen molar-refractivity contribution in [2.45, 2.75) is 12.8 Å². The topological polar surface area (TPSA) is 57.6 Å². The number of carboxylic acids is 1. The zero-order chi connectivity index (χ0) is 17.9. The third-order valence-electron chi connectivity index (χ3n) is 3.52. The van der Waals surface area contributed by atoms with Crippen LogP contribution < -0.4 is 4.90 Å². The van der Waals surface area contributed by atoms with Crippen LogP contribution in [0, 0.1) is 0 Å². The van der Waals surface area contributed by atoms with Gasteiger partial charge < -0.3 is 10.0 Å². The number of benzene rings is 2. The summed E-state index contributed by atoms with van der Waals surface area (Å²) >= 11 is 18.0. The monoisotopic (exact) mass is 385 g/mol. The Hall–Kier alpha value is -1.75. The van der Waals surface area contributed by atoms with E-state index in [9.17, 15) is 9.59 Å². The molecule has 24 heavy (non-hydrogen) atoms. The molecule has 0 aliphatic rings. The lowest BCUT2D eigenvalue weighted by Gasteiger charge is -2.21. The van der Waals surface area contributed by atoms with Crippen molar-refractivity contribution >= 4 is 52.4 Å². The Morgan fingerprint density at radius 2 is 1.75 bits per heavy atom. The summed E-state index contributed by atoms with van der Waals surface area (Å²) in [6, 6.07) is 9.71. The van der Waals surface area contributed by atoms with Gasteiger partial charge in [0.25, 0.3) is 5.91 Å². The predicted octanol–water partition coefficient (Wildman–Crippen LogP) is 4.94. The Kier molecular flexibility index (Phi) is 6.10. The summed E-state index contributed by atoms with van der Waals surface area (Å²) in [5.41, 5.74) is 1.54. The van der Waals surface area contributed by atoms with Crippen molar-refractivity contribution in [3.63, 3.8) is 0 Å². The van der Waals surface area contributed by atoms with E-state index in [1.807, 2.05) is 0 Å². The quantitative estimate of drug-likeness (QED) is 0.791. The summed E-state index contributed by atoms with van der Waals surface area (Å²) in [6.45, 7) is 0. The Labute approximate surface area is 154 Å². The van der Waals surface area contributed by atoms with E-state index in [1.54, 1.807) is 37.4 Å². The third-order valence-corrected chi connectivity index (χ3v) is 4.61. The first-order chi connectivity index (χ1) is 11.3. The number of hydrogen-bond donors (Lipinski definition) is 1. The maximum absolute atomic E-state index is 12.7. The average molecular weight is 387 g/mol. The molecule has 0 heterocycles. The minimum atomic E-state index is -0.931. The van der Waals surface area contributed by atoms with E-state index in [-0.39, 0.29) is 23.8 Å². The van der Waals surface area contributed by atoms with Crippen molar-refractivity contribution in [1.29, 1.82) is 0 Å². The average Bonchev–Trinajstić information content (AvgIpc) is 2.54. The van der Waals surface area contributed by atoms with Gasteiger partial charge in [-0.3, -0.25) is 9.59 Å². The zero-order valence-corrected chi connectivity index (χ0v) is 15.0. The van der Waals surface area contributed by atoms with Crippen LogP contribution in [0.5, 0.6) is 0 Å². The van der Waals surface area contributed by atoms with Gasteiger partial charge in [0.15, 0.2) is 0 Å². The lowest BCUT2D eigenvalue weighted by molar-refractivity contribution is -0.136. The van der Waals surface area contributed by atoms with Gasteiger partial charge in [0.1, 0.15) is 0 Å². The van der Waals surface area contributed by atoms with Crippen LogP contribution in [0.25, 0.3) is 0 Å². The van der Waals surface area contributed by atoms with Gasteiger partial charge in [-0.2, -0.15) is 0 Å². The predicted molar refractivity (Wildman–Crippen MR) is 96.6 cm³/mol. The lowest BCUT2D eigenvalue weighted by Crippen LogP contribution is -2.27. The number of carboxylic acid groups (broad SMARTS) is 1. The van der Waals surface area contributed by atoms with Crippen LogP contribution in [0.2, 0.25) is 15.1 Å². The molecule has 2 rings (SSSR count). The number of rotatable bonds is 5. The molecule has 0 saturated heterocycles. The molecule has 126 valence electrons. The van der Waals surface area contributed by atoms with E-state index in [0.717, 1.165) is 0 Å². The number of hydrogen-bond acceptors (Lipinski definition) is 2. The molecule has 0 aliphatic heterocycles. The van der Waals surface area contributed by atoms with Crippen LogP contribution in [0.1, 0.15) is 22.3 Å². The van der Waals surface area contributed by atoms with Crippen molar-refractivity contribution in [2.24, 2.45) is 0 Å². The minimum absolute atomic E-state index is 0.0778. The molecule has 2 aromatic carbocycles. The Morgan fingerprint density at radius 3 is 2.38 bits per heavy atom. The molecule has 7 heteroatoms. The normalized spacial score (nSPS) is 10.5. The minimum Gasteiger partial charge on any atom is -0.481 e. The number of carbonyl (C=O) groups excluding carboxylic acids is 1. The molecule has 0 unspecified atom stereocenters. The van der Waals surface area contributed by atoms with E-state index in [4.69, 9.17) is 39.9 Å². The zero-order valence-electron chi connectivity index (χ0n) is 12.7. The molecule has 0 atom stereocenters. The highest BCUT2D eigenvalue weighted by Gasteiger charge is 2.19. The smallest absolute Gasteiger partial charge is 0.303 e. The van der Waals surface area contributed by atoms with Crippen LogP contribution in [0.3, 0.4) is 0 Å².